The molecule has 0 atom stereocenters. The molecule has 3 aromatic rings. The lowest BCUT2D eigenvalue weighted by Crippen LogP contribution is -2.36. The summed E-state index contributed by atoms with van der Waals surface area (Å²) in [5, 5.41) is 7.46. The zero-order valence-electron chi connectivity index (χ0n) is 20.3. The van der Waals surface area contributed by atoms with Gasteiger partial charge in [0.15, 0.2) is 0 Å². The number of aromatic nitrogens is 2. The van der Waals surface area contributed by atoms with E-state index in [4.69, 9.17) is 0 Å². The molecule has 1 saturated heterocycles. The summed E-state index contributed by atoms with van der Waals surface area (Å²) in [6, 6.07) is 13.2. The number of anilines is 1. The highest BCUT2D eigenvalue weighted by molar-refractivity contribution is 7.89. The molecule has 180 valence electrons. The van der Waals surface area contributed by atoms with E-state index in [1.165, 1.54) is 5.56 Å². The van der Waals surface area contributed by atoms with E-state index in [1.807, 2.05) is 51.1 Å². The summed E-state index contributed by atoms with van der Waals surface area (Å²) in [5.41, 5.74) is 5.73. The summed E-state index contributed by atoms with van der Waals surface area (Å²) in [5.74, 6) is -0.171. The van der Waals surface area contributed by atoms with E-state index in [1.54, 1.807) is 28.0 Å². The fourth-order valence-corrected chi connectivity index (χ4v) is 6.29. The summed E-state index contributed by atoms with van der Waals surface area (Å²) in [4.78, 5) is 13.0. The molecular formula is C26H32N4O3S. The number of piperidine rings is 1. The van der Waals surface area contributed by atoms with Crippen molar-refractivity contribution in [3.05, 3.63) is 76.1 Å². The summed E-state index contributed by atoms with van der Waals surface area (Å²) in [6.07, 6.45) is 2.87. The number of sulfonamides is 1. The van der Waals surface area contributed by atoms with Gasteiger partial charge in [0.2, 0.25) is 10.0 Å². The third-order valence-electron chi connectivity index (χ3n) is 6.54. The Labute approximate surface area is 201 Å². The van der Waals surface area contributed by atoms with Crippen molar-refractivity contribution in [3.8, 4) is 0 Å². The van der Waals surface area contributed by atoms with Crippen molar-refractivity contribution in [3.63, 3.8) is 0 Å². The lowest BCUT2D eigenvalue weighted by molar-refractivity contribution is 0.102. The molecule has 7 nitrogen and oxygen atoms in total. The van der Waals surface area contributed by atoms with Crippen molar-refractivity contribution in [1.82, 2.24) is 14.1 Å². The maximum atomic E-state index is 13.2. The molecule has 1 N–H and O–H groups in total. The van der Waals surface area contributed by atoms with Crippen LogP contribution in [0.1, 0.15) is 57.7 Å². The third kappa shape index (κ3) is 4.93. The topological polar surface area (TPSA) is 84.3 Å². The van der Waals surface area contributed by atoms with E-state index >= 15 is 0 Å². The zero-order valence-corrected chi connectivity index (χ0v) is 21.1. The first-order valence-electron chi connectivity index (χ1n) is 11.7. The largest absolute Gasteiger partial charge is 0.322 e. The number of benzene rings is 2. The Morgan fingerprint density at radius 2 is 1.62 bits per heavy atom. The molecule has 34 heavy (non-hydrogen) atoms. The molecule has 0 saturated carbocycles. The van der Waals surface area contributed by atoms with E-state index in [2.05, 4.69) is 10.4 Å². The van der Waals surface area contributed by atoms with Crippen molar-refractivity contribution in [2.24, 2.45) is 0 Å². The smallest absolute Gasteiger partial charge is 0.255 e. The Morgan fingerprint density at radius 1 is 0.941 bits per heavy atom. The second-order valence-corrected chi connectivity index (χ2v) is 10.9. The summed E-state index contributed by atoms with van der Waals surface area (Å²) in [6.45, 7) is 9.18. The first-order valence-corrected chi connectivity index (χ1v) is 13.1. The van der Waals surface area contributed by atoms with Crippen LogP contribution in [0.2, 0.25) is 0 Å². The molecule has 0 unspecified atom stereocenters. The molecule has 0 aliphatic carbocycles. The third-order valence-corrected chi connectivity index (χ3v) is 8.69. The van der Waals surface area contributed by atoms with E-state index in [9.17, 15) is 13.2 Å². The Balaban J connectivity index is 1.49. The minimum atomic E-state index is -3.55. The van der Waals surface area contributed by atoms with Crippen molar-refractivity contribution in [1.29, 1.82) is 0 Å². The monoisotopic (exact) mass is 480 g/mol. The van der Waals surface area contributed by atoms with Crippen LogP contribution >= 0.6 is 0 Å². The Kier molecular flexibility index (Phi) is 6.91. The number of carbonyl (C=O) groups excluding carboxylic acids is 1. The molecule has 1 aromatic heterocycles. The number of amides is 1. The van der Waals surface area contributed by atoms with Crippen LogP contribution in [0, 0.1) is 27.7 Å². The number of hydrogen-bond acceptors (Lipinski definition) is 4. The average Bonchev–Trinajstić information content (AvgIpc) is 3.10. The van der Waals surface area contributed by atoms with Gasteiger partial charge in [-0.3, -0.25) is 9.48 Å². The van der Waals surface area contributed by atoms with Crippen LogP contribution in [0.4, 0.5) is 5.69 Å². The van der Waals surface area contributed by atoms with Crippen molar-refractivity contribution in [2.75, 3.05) is 18.4 Å². The molecule has 0 radical (unpaired) electrons. The van der Waals surface area contributed by atoms with E-state index in [0.29, 0.717) is 41.5 Å². The Hall–Kier alpha value is -2.97. The van der Waals surface area contributed by atoms with Crippen molar-refractivity contribution < 1.29 is 13.2 Å². The van der Waals surface area contributed by atoms with Crippen molar-refractivity contribution >= 4 is 21.6 Å². The van der Waals surface area contributed by atoms with Gasteiger partial charge in [0.05, 0.1) is 17.9 Å². The Morgan fingerprint density at radius 3 is 2.26 bits per heavy atom. The number of rotatable bonds is 6. The number of carbonyl (C=O) groups is 1. The van der Waals surface area contributed by atoms with Gasteiger partial charge in [-0.1, -0.05) is 24.6 Å². The highest BCUT2D eigenvalue weighted by Crippen LogP contribution is 2.26. The maximum absolute atomic E-state index is 13.2. The molecule has 0 bridgehead atoms. The molecule has 1 aliphatic rings. The zero-order chi connectivity index (χ0) is 24.5. The number of hydrogen-bond donors (Lipinski definition) is 1. The van der Waals surface area contributed by atoms with Crippen LogP contribution < -0.4 is 5.32 Å². The maximum Gasteiger partial charge on any atom is 0.255 e. The molecule has 2 aromatic carbocycles. The van der Waals surface area contributed by atoms with Crippen LogP contribution in [0.15, 0.2) is 47.4 Å². The molecule has 1 aliphatic heterocycles. The van der Waals surface area contributed by atoms with Crippen LogP contribution in [0.5, 0.6) is 0 Å². The normalized spacial score (nSPS) is 14.8. The average molecular weight is 481 g/mol. The van der Waals surface area contributed by atoms with Crippen LogP contribution in [-0.2, 0) is 16.6 Å². The molecule has 1 fully saturated rings. The van der Waals surface area contributed by atoms with Gasteiger partial charge >= 0.3 is 0 Å². The lowest BCUT2D eigenvalue weighted by atomic mass is 10.1. The van der Waals surface area contributed by atoms with Gasteiger partial charge in [-0.15, -0.1) is 0 Å². The van der Waals surface area contributed by atoms with Crippen LogP contribution in [0.3, 0.4) is 0 Å². The van der Waals surface area contributed by atoms with Crippen molar-refractivity contribution in [2.45, 2.75) is 58.4 Å². The predicted octanol–water partition coefficient (Wildman–Crippen LogP) is 4.59. The number of nitrogens with zero attached hydrogens (tertiary/aromatic N) is 3. The quantitative estimate of drug-likeness (QED) is 0.559. The second kappa shape index (κ2) is 9.72. The van der Waals surface area contributed by atoms with Crippen LogP contribution in [-0.4, -0.2) is 41.5 Å². The van der Waals surface area contributed by atoms with Gasteiger partial charge in [0, 0.05) is 24.3 Å². The summed E-state index contributed by atoms with van der Waals surface area (Å²) >= 11 is 0. The molecular weight excluding hydrogens is 448 g/mol. The first kappa shape index (κ1) is 24.2. The standard InChI is InChI=1S/C26H32N4O3S/c1-18-8-13-24(16-19(18)2)27-26(31)23-11-9-22(10-12-23)17-30-21(4)25(20(3)28-30)34(32,33)29-14-6-5-7-15-29/h8-13,16H,5-7,14-15,17H2,1-4H3,(H,27,31). The fourth-order valence-electron chi connectivity index (χ4n) is 4.40. The number of aryl methyl sites for hydroxylation is 3. The predicted molar refractivity (Wildman–Crippen MR) is 134 cm³/mol. The second-order valence-electron chi connectivity index (χ2n) is 9.07. The number of nitrogens with one attached hydrogen (secondary N) is 1. The van der Waals surface area contributed by atoms with Gasteiger partial charge < -0.3 is 5.32 Å². The minimum Gasteiger partial charge on any atom is -0.322 e. The van der Waals surface area contributed by atoms with E-state index in [-0.39, 0.29) is 5.91 Å². The SMILES string of the molecule is Cc1ccc(NC(=O)c2ccc(Cn3nc(C)c(S(=O)(=O)N4CCCCC4)c3C)cc2)cc1C. The first-order chi connectivity index (χ1) is 16.2. The van der Waals surface area contributed by atoms with Gasteiger partial charge in [-0.25, -0.2) is 8.42 Å². The summed E-state index contributed by atoms with van der Waals surface area (Å²) in [7, 11) is -3.55. The van der Waals surface area contributed by atoms with E-state index in [0.717, 1.165) is 36.1 Å². The minimum absolute atomic E-state index is 0.171. The lowest BCUT2D eigenvalue weighted by Gasteiger charge is -2.26. The molecule has 4 rings (SSSR count). The molecule has 1 amide bonds. The molecule has 2 heterocycles. The summed E-state index contributed by atoms with van der Waals surface area (Å²) < 4.78 is 29.8. The molecule has 0 spiro atoms. The van der Waals surface area contributed by atoms with Gasteiger partial charge in [-0.05, 0) is 81.5 Å². The van der Waals surface area contributed by atoms with Gasteiger partial charge in [-0.2, -0.15) is 9.40 Å². The Bertz CT molecular complexity index is 1300. The van der Waals surface area contributed by atoms with E-state index < -0.39 is 10.0 Å². The van der Waals surface area contributed by atoms with Crippen LogP contribution in [0.25, 0.3) is 0 Å². The molecule has 8 heteroatoms. The fraction of sp³-hybridized carbons (Fsp3) is 0.385. The highest BCUT2D eigenvalue weighted by Gasteiger charge is 2.31. The highest BCUT2D eigenvalue weighted by atomic mass is 32.2. The van der Waals surface area contributed by atoms with Gasteiger partial charge in [0.1, 0.15) is 4.90 Å². The van der Waals surface area contributed by atoms with Gasteiger partial charge in [0.25, 0.3) is 5.91 Å².